The number of nitrogens with one attached hydrogen (secondary N) is 2. The van der Waals surface area contributed by atoms with E-state index in [1.165, 1.54) is 30.7 Å². The molecule has 2 amide bonds. The van der Waals surface area contributed by atoms with Gasteiger partial charge in [0.2, 0.25) is 5.91 Å². The fourth-order valence-electron chi connectivity index (χ4n) is 2.65. The maximum absolute atomic E-state index is 12.9. The second-order valence-electron chi connectivity index (χ2n) is 5.97. The Bertz CT molecular complexity index is 919. The number of amides is 2. The van der Waals surface area contributed by atoms with Gasteiger partial charge < -0.3 is 10.6 Å². The minimum atomic E-state index is -4.52. The van der Waals surface area contributed by atoms with Gasteiger partial charge in [-0.3, -0.25) is 14.4 Å². The number of alkyl halides is 3. The smallest absolute Gasteiger partial charge is 0.355 e. The molecule has 2 N–H and O–H groups in total. The highest BCUT2D eigenvalue weighted by molar-refractivity contribution is 6.43. The van der Waals surface area contributed by atoms with Crippen LogP contribution in [0.3, 0.4) is 0 Å². The molecule has 0 spiro atoms. The van der Waals surface area contributed by atoms with Crippen LogP contribution in [0.1, 0.15) is 34.2 Å². The first-order valence-corrected chi connectivity index (χ1v) is 8.39. The van der Waals surface area contributed by atoms with Crippen molar-refractivity contribution in [1.29, 1.82) is 0 Å². The number of carbonyl (C=O) groups excluding carboxylic acids is 3. The quantitative estimate of drug-likeness (QED) is 0.577. The van der Waals surface area contributed by atoms with E-state index >= 15 is 0 Å². The van der Waals surface area contributed by atoms with Gasteiger partial charge in [0, 0.05) is 6.54 Å². The lowest BCUT2D eigenvalue weighted by Crippen LogP contribution is -2.40. The first-order chi connectivity index (χ1) is 13.1. The molecule has 1 aromatic carbocycles. The number of hydrogen-bond acceptors (Lipinski definition) is 4. The van der Waals surface area contributed by atoms with Crippen molar-refractivity contribution in [3.8, 4) is 5.69 Å². The van der Waals surface area contributed by atoms with Crippen molar-refractivity contribution in [3.63, 3.8) is 0 Å². The zero-order valence-electron chi connectivity index (χ0n) is 15.5. The minimum Gasteiger partial charge on any atom is -0.355 e. The molecule has 0 aliphatic carbocycles. The zero-order valence-corrected chi connectivity index (χ0v) is 15.5. The Morgan fingerprint density at radius 2 is 1.82 bits per heavy atom. The van der Waals surface area contributed by atoms with Crippen molar-refractivity contribution in [2.24, 2.45) is 0 Å². The average molecular weight is 396 g/mol. The number of rotatable bonds is 6. The molecule has 1 heterocycles. The van der Waals surface area contributed by atoms with Gasteiger partial charge in [0.05, 0.1) is 34.7 Å². The summed E-state index contributed by atoms with van der Waals surface area (Å²) < 4.78 is 40.0. The summed E-state index contributed by atoms with van der Waals surface area (Å²) in [5.74, 6) is -2.37. The lowest BCUT2D eigenvalue weighted by atomic mass is 10.1. The van der Waals surface area contributed by atoms with Gasteiger partial charge in [0.1, 0.15) is 0 Å². The normalized spacial score (nSPS) is 11.2. The highest BCUT2D eigenvalue weighted by atomic mass is 19.4. The van der Waals surface area contributed by atoms with Crippen LogP contribution in [0.4, 0.5) is 13.2 Å². The maximum Gasteiger partial charge on any atom is 0.416 e. The summed E-state index contributed by atoms with van der Waals surface area (Å²) in [5, 5.41) is 8.78. The molecule has 0 atom stereocenters. The largest absolute Gasteiger partial charge is 0.416 e. The molecule has 0 bridgehead atoms. The van der Waals surface area contributed by atoms with Gasteiger partial charge in [0.25, 0.3) is 11.7 Å². The number of nitrogens with zero attached hydrogens (tertiary/aromatic N) is 2. The molecule has 28 heavy (non-hydrogen) atoms. The van der Waals surface area contributed by atoms with Crippen molar-refractivity contribution < 1.29 is 27.6 Å². The van der Waals surface area contributed by atoms with Gasteiger partial charge in [-0.05, 0) is 39.0 Å². The van der Waals surface area contributed by atoms with Crippen LogP contribution in [-0.2, 0) is 15.8 Å². The van der Waals surface area contributed by atoms with Crippen LogP contribution in [-0.4, -0.2) is 40.5 Å². The predicted molar refractivity (Wildman–Crippen MR) is 94.1 cm³/mol. The Morgan fingerprint density at radius 3 is 2.43 bits per heavy atom. The van der Waals surface area contributed by atoms with Crippen LogP contribution in [0.15, 0.2) is 24.3 Å². The monoisotopic (exact) mass is 396 g/mol. The molecular weight excluding hydrogens is 377 g/mol. The van der Waals surface area contributed by atoms with Crippen LogP contribution in [0.2, 0.25) is 0 Å². The molecule has 0 aliphatic rings. The molecule has 0 unspecified atom stereocenters. The Balaban J connectivity index is 2.30. The number of aromatic nitrogens is 2. The Kier molecular flexibility index (Phi) is 6.22. The first kappa shape index (κ1) is 21.1. The molecular formula is C18H19F3N4O3. The third kappa shape index (κ3) is 4.56. The molecule has 0 saturated heterocycles. The highest BCUT2D eigenvalue weighted by Gasteiger charge is 2.31. The van der Waals surface area contributed by atoms with E-state index in [2.05, 4.69) is 15.7 Å². The van der Waals surface area contributed by atoms with E-state index in [-0.39, 0.29) is 29.2 Å². The third-order valence-electron chi connectivity index (χ3n) is 3.93. The first-order valence-electron chi connectivity index (χ1n) is 8.39. The van der Waals surface area contributed by atoms with Crippen molar-refractivity contribution in [2.75, 3.05) is 13.1 Å². The summed E-state index contributed by atoms with van der Waals surface area (Å²) in [6.07, 6.45) is -4.52. The fraction of sp³-hybridized carbons (Fsp3) is 0.333. The lowest BCUT2D eigenvalue weighted by Gasteiger charge is -2.10. The number of hydrogen-bond donors (Lipinski definition) is 2. The van der Waals surface area contributed by atoms with Gasteiger partial charge >= 0.3 is 6.18 Å². The summed E-state index contributed by atoms with van der Waals surface area (Å²) in [4.78, 5) is 35.9. The van der Waals surface area contributed by atoms with Gasteiger partial charge in [-0.25, -0.2) is 4.68 Å². The van der Waals surface area contributed by atoms with E-state index in [0.29, 0.717) is 6.54 Å². The molecule has 2 rings (SSSR count). The second-order valence-corrected chi connectivity index (χ2v) is 5.97. The topological polar surface area (TPSA) is 93.1 Å². The van der Waals surface area contributed by atoms with E-state index in [9.17, 15) is 27.6 Å². The Hall–Kier alpha value is -3.17. The number of benzene rings is 1. The summed E-state index contributed by atoms with van der Waals surface area (Å²) in [5.41, 5.74) is -0.365. The molecule has 7 nitrogen and oxygen atoms in total. The number of ketones is 1. The van der Waals surface area contributed by atoms with Crippen LogP contribution < -0.4 is 10.6 Å². The van der Waals surface area contributed by atoms with Crippen molar-refractivity contribution in [1.82, 2.24) is 20.4 Å². The summed E-state index contributed by atoms with van der Waals surface area (Å²) in [7, 11) is 0. The SMILES string of the molecule is CCNC(=O)CNC(=O)C(=O)c1c(C)nn(-c2cccc(C(F)(F)F)c2)c1C. The van der Waals surface area contributed by atoms with Crippen LogP contribution in [0.5, 0.6) is 0 Å². The number of likely N-dealkylation sites (N-methyl/N-ethyl adjacent to an activating group) is 1. The molecule has 1 aromatic heterocycles. The molecule has 0 aliphatic heterocycles. The molecule has 150 valence electrons. The van der Waals surface area contributed by atoms with Crippen LogP contribution >= 0.6 is 0 Å². The van der Waals surface area contributed by atoms with Crippen LogP contribution in [0.25, 0.3) is 5.69 Å². The van der Waals surface area contributed by atoms with Gasteiger partial charge in [-0.15, -0.1) is 0 Å². The van der Waals surface area contributed by atoms with Gasteiger partial charge in [-0.2, -0.15) is 18.3 Å². The molecule has 0 fully saturated rings. The van der Waals surface area contributed by atoms with Gasteiger partial charge in [-0.1, -0.05) is 6.07 Å². The van der Waals surface area contributed by atoms with E-state index < -0.39 is 29.3 Å². The lowest BCUT2D eigenvalue weighted by molar-refractivity contribution is -0.137. The summed E-state index contributed by atoms with van der Waals surface area (Å²) >= 11 is 0. The summed E-state index contributed by atoms with van der Waals surface area (Å²) in [6, 6.07) is 4.48. The molecule has 2 aromatic rings. The predicted octanol–water partition coefficient (Wildman–Crippen LogP) is 1.94. The average Bonchev–Trinajstić information content (AvgIpc) is 2.93. The van der Waals surface area contributed by atoms with Crippen LogP contribution in [0, 0.1) is 13.8 Å². The number of halogens is 3. The standard InChI is InChI=1S/C18H19F3N4O3/c1-4-22-14(26)9-23-17(28)16(27)15-10(2)24-25(11(15)3)13-7-5-6-12(8-13)18(19,20)21/h5-8H,4,9H2,1-3H3,(H,22,26)(H,23,28). The zero-order chi connectivity index (χ0) is 21.1. The van der Waals surface area contributed by atoms with Crippen molar-refractivity contribution in [3.05, 3.63) is 46.8 Å². The number of Topliss-reactive ketones (excluding diaryl/α,β-unsaturated/α-hetero) is 1. The molecule has 0 saturated carbocycles. The molecule has 0 radical (unpaired) electrons. The van der Waals surface area contributed by atoms with E-state index in [0.717, 1.165) is 12.1 Å². The second kappa shape index (κ2) is 8.24. The number of carbonyl (C=O) groups is 3. The Morgan fingerprint density at radius 1 is 1.14 bits per heavy atom. The van der Waals surface area contributed by atoms with Gasteiger partial charge in [0.15, 0.2) is 0 Å². The minimum absolute atomic E-state index is 0.0224. The molecule has 10 heteroatoms. The van der Waals surface area contributed by atoms with E-state index in [1.807, 2.05) is 0 Å². The Labute approximate surface area is 158 Å². The van der Waals surface area contributed by atoms with Crippen molar-refractivity contribution in [2.45, 2.75) is 26.9 Å². The highest BCUT2D eigenvalue weighted by Crippen LogP contribution is 2.30. The fourth-order valence-corrected chi connectivity index (χ4v) is 2.65. The summed E-state index contributed by atoms with van der Waals surface area (Å²) in [6.45, 7) is 4.68. The van der Waals surface area contributed by atoms with E-state index in [1.54, 1.807) is 6.92 Å². The van der Waals surface area contributed by atoms with Crippen molar-refractivity contribution >= 4 is 17.6 Å². The number of aryl methyl sites for hydroxylation is 1. The third-order valence-corrected chi connectivity index (χ3v) is 3.93. The maximum atomic E-state index is 12.9. The van der Waals surface area contributed by atoms with E-state index in [4.69, 9.17) is 0 Å².